The summed E-state index contributed by atoms with van der Waals surface area (Å²) in [5, 5.41) is 0. The van der Waals surface area contributed by atoms with Gasteiger partial charge < -0.3 is 18.2 Å². The largest absolute Gasteiger partial charge is 4.00 e. The Kier molecular flexibility index (Phi) is 20.1. The van der Waals surface area contributed by atoms with Gasteiger partial charge in [-0.2, -0.15) is 0 Å². The van der Waals surface area contributed by atoms with Crippen molar-refractivity contribution in [3.05, 3.63) is 0 Å². The van der Waals surface area contributed by atoms with Crippen LogP contribution < -0.4 is 0 Å². The molecule has 0 aliphatic heterocycles. The first-order valence-electron chi connectivity index (χ1n) is 3.63. The molecule has 0 N–H and O–H groups in total. The summed E-state index contributed by atoms with van der Waals surface area (Å²) in [6.45, 7) is 0. The average Bonchev–Trinajstić information content (AvgIpc) is 1.62. The Balaban J connectivity index is -0.0000000533. The van der Waals surface area contributed by atoms with Crippen molar-refractivity contribution in [3.63, 3.8) is 0 Å². The molecule has 0 spiro atoms. The molecular formula is C4H12O12OsS4. The third kappa shape index (κ3) is 88700. The van der Waals surface area contributed by atoms with Gasteiger partial charge in [0.2, 0.25) is 0 Å². The quantitative estimate of drug-likeness (QED) is 0.260. The molecule has 0 bridgehead atoms. The van der Waals surface area contributed by atoms with E-state index in [1.54, 1.807) is 0 Å². The van der Waals surface area contributed by atoms with Crippen molar-refractivity contribution in [3.8, 4) is 0 Å². The fraction of sp³-hybridized carbons (Fsp3) is 1.00. The second-order valence-electron chi connectivity index (χ2n) is 2.82. The molecule has 17 heteroatoms. The van der Waals surface area contributed by atoms with Crippen LogP contribution in [0.25, 0.3) is 0 Å². The van der Waals surface area contributed by atoms with Gasteiger partial charge in [-0.3, -0.25) is 0 Å². The van der Waals surface area contributed by atoms with Crippen LogP contribution in [-0.2, 0) is 60.3 Å². The van der Waals surface area contributed by atoms with Crippen molar-refractivity contribution in [1.82, 2.24) is 0 Å². The fourth-order valence-corrected chi connectivity index (χ4v) is 0. The molecule has 0 saturated carbocycles. The second-order valence-corrected chi connectivity index (χ2v) is 8.45. The van der Waals surface area contributed by atoms with Crippen LogP contribution in [0.2, 0.25) is 0 Å². The van der Waals surface area contributed by atoms with E-state index in [0.717, 1.165) is 0 Å². The van der Waals surface area contributed by atoms with Crippen molar-refractivity contribution in [2.45, 2.75) is 0 Å². The van der Waals surface area contributed by atoms with Gasteiger partial charge >= 0.3 is 19.8 Å². The molecule has 0 saturated heterocycles. The summed E-state index contributed by atoms with van der Waals surface area (Å²) in [5.41, 5.74) is 0. The molecule has 0 atom stereocenters. The zero-order valence-electron chi connectivity index (χ0n) is 10.9. The van der Waals surface area contributed by atoms with E-state index in [4.69, 9.17) is 51.9 Å². The molecule has 0 unspecified atom stereocenters. The molecule has 0 fully saturated rings. The van der Waals surface area contributed by atoms with Crippen LogP contribution in [0.15, 0.2) is 0 Å². The third-order valence-electron chi connectivity index (χ3n) is 0. The van der Waals surface area contributed by atoms with Gasteiger partial charge in [-0.05, 0) is 0 Å². The van der Waals surface area contributed by atoms with Gasteiger partial charge in [0.1, 0.15) is 0 Å². The zero-order chi connectivity index (χ0) is 18.0. The Morgan fingerprint density at radius 3 is 0.429 bits per heavy atom. The van der Waals surface area contributed by atoms with Crippen molar-refractivity contribution in [1.29, 1.82) is 0 Å². The van der Waals surface area contributed by atoms with E-state index >= 15 is 0 Å². The van der Waals surface area contributed by atoms with Crippen LogP contribution in [0.3, 0.4) is 0 Å². The molecule has 0 radical (unpaired) electrons. The Bertz CT molecular complexity index is 486. The van der Waals surface area contributed by atoms with Gasteiger partial charge in [0.25, 0.3) is 0 Å². The molecular weight excluding hydrogens is 559 g/mol. The van der Waals surface area contributed by atoms with E-state index in [1.807, 2.05) is 0 Å². The van der Waals surface area contributed by atoms with E-state index in [0.29, 0.717) is 25.0 Å². The minimum absolute atomic E-state index is 0. The number of hydrogen-bond donors (Lipinski definition) is 0. The SMILES string of the molecule is CS(=O)(=O)[O-].CS(=O)(=O)[O-].CS(=O)(=O)[O-].CS(=O)(=O)[O-].[Os+4]. The summed E-state index contributed by atoms with van der Waals surface area (Å²) in [5.74, 6) is 0. The Hall–Kier alpha value is 0.276. The number of hydrogen-bond acceptors (Lipinski definition) is 12. The smallest absolute Gasteiger partial charge is 0.748 e. The fourth-order valence-electron chi connectivity index (χ4n) is 0. The molecule has 21 heavy (non-hydrogen) atoms. The summed E-state index contributed by atoms with van der Waals surface area (Å²) in [7, 11) is -15.7. The minimum atomic E-state index is -3.92. The second kappa shape index (κ2) is 12.8. The average molecular weight is 571 g/mol. The molecule has 0 aliphatic rings. The van der Waals surface area contributed by atoms with E-state index in [2.05, 4.69) is 0 Å². The van der Waals surface area contributed by atoms with Crippen LogP contribution in [0, 0.1) is 0 Å². The van der Waals surface area contributed by atoms with Gasteiger partial charge in [-0.1, -0.05) is 0 Å². The van der Waals surface area contributed by atoms with E-state index < -0.39 is 40.5 Å². The summed E-state index contributed by atoms with van der Waals surface area (Å²) < 4.78 is 109. The third-order valence-corrected chi connectivity index (χ3v) is 0. The summed E-state index contributed by atoms with van der Waals surface area (Å²) in [6, 6.07) is 0. The molecule has 0 heterocycles. The van der Waals surface area contributed by atoms with Crippen molar-refractivity contribution in [2.75, 3.05) is 25.0 Å². The molecule has 0 aromatic heterocycles. The van der Waals surface area contributed by atoms with E-state index in [9.17, 15) is 0 Å². The maximum Gasteiger partial charge on any atom is 4.00 e. The Morgan fingerprint density at radius 2 is 0.429 bits per heavy atom. The van der Waals surface area contributed by atoms with Crippen LogP contribution in [-0.4, -0.2) is 76.9 Å². The van der Waals surface area contributed by atoms with Gasteiger partial charge in [0.05, 0.1) is 40.5 Å². The molecule has 0 aromatic rings. The topological polar surface area (TPSA) is 229 Å². The maximum atomic E-state index is 9.08. The van der Waals surface area contributed by atoms with E-state index in [-0.39, 0.29) is 19.8 Å². The van der Waals surface area contributed by atoms with Gasteiger partial charge in [0, 0.05) is 25.0 Å². The normalized spacial score (nSPS) is 11.0. The monoisotopic (exact) mass is 572 g/mol. The predicted octanol–water partition coefficient (Wildman–Crippen LogP) is -3.36. The maximum absolute atomic E-state index is 9.08. The first-order valence-corrected chi connectivity index (χ1v) is 10.9. The number of rotatable bonds is 0. The van der Waals surface area contributed by atoms with Crippen molar-refractivity contribution in [2.24, 2.45) is 0 Å². The first kappa shape index (κ1) is 33.0. The van der Waals surface area contributed by atoms with Crippen LogP contribution in [0.5, 0.6) is 0 Å². The molecule has 12 nitrogen and oxygen atoms in total. The van der Waals surface area contributed by atoms with E-state index in [1.165, 1.54) is 0 Å². The van der Waals surface area contributed by atoms with Crippen molar-refractivity contribution < 1.29 is 71.7 Å². The molecule has 0 amide bonds. The van der Waals surface area contributed by atoms with Gasteiger partial charge in [-0.15, -0.1) is 0 Å². The van der Waals surface area contributed by atoms with Crippen LogP contribution in [0.4, 0.5) is 0 Å². The summed E-state index contributed by atoms with van der Waals surface area (Å²) in [6.07, 6.45) is 2.42. The van der Waals surface area contributed by atoms with Crippen LogP contribution in [0.1, 0.15) is 0 Å². The standard InChI is InChI=1S/4CH4O3S.Os/c4*1-5(2,3)4;/h4*1H3,(H,2,3,4);/q;;;;+4/p-4. The minimum Gasteiger partial charge on any atom is -0.748 e. The first-order chi connectivity index (χ1) is 8.00. The molecule has 0 aromatic carbocycles. The zero-order valence-corrected chi connectivity index (χ0v) is 16.7. The summed E-state index contributed by atoms with van der Waals surface area (Å²) in [4.78, 5) is 0. The van der Waals surface area contributed by atoms with Crippen molar-refractivity contribution >= 4 is 40.5 Å². The molecule has 0 rings (SSSR count). The molecule has 0 aliphatic carbocycles. The predicted molar refractivity (Wildman–Crippen MR) is 62.5 cm³/mol. The molecule has 132 valence electrons. The van der Waals surface area contributed by atoms with Gasteiger partial charge in [0.15, 0.2) is 0 Å². The Labute approximate surface area is 137 Å². The van der Waals surface area contributed by atoms with Crippen LogP contribution >= 0.6 is 0 Å². The summed E-state index contributed by atoms with van der Waals surface area (Å²) >= 11 is 0. The van der Waals surface area contributed by atoms with Gasteiger partial charge in [-0.25, -0.2) is 33.7 Å². The Morgan fingerprint density at radius 1 is 0.429 bits per heavy atom.